The van der Waals surface area contributed by atoms with Gasteiger partial charge < -0.3 is 9.84 Å². The van der Waals surface area contributed by atoms with E-state index in [-0.39, 0.29) is 11.4 Å². The molecule has 0 aliphatic rings. The molecule has 1 aromatic rings. The number of carboxylic acid groups (broad SMARTS) is 1. The largest absolute Gasteiger partial charge is 0.476 e. The highest BCUT2D eigenvalue weighted by molar-refractivity contribution is 7.04. The van der Waals surface area contributed by atoms with E-state index in [1.165, 1.54) is 5.38 Å². The molecule has 1 aromatic heterocycles. The molecule has 2 N–H and O–H groups in total. The Kier molecular flexibility index (Phi) is 3.48. The second-order valence-electron chi connectivity index (χ2n) is 4.01. The fraction of sp³-hybridized carbons (Fsp3) is 0.444. The first-order valence-electron chi connectivity index (χ1n) is 4.47. The van der Waals surface area contributed by atoms with Gasteiger partial charge >= 0.3 is 12.1 Å². The first-order valence-corrected chi connectivity index (χ1v) is 5.31. The summed E-state index contributed by atoms with van der Waals surface area (Å²) in [6.07, 6.45) is -0.699. The number of aromatic carboxylic acids is 1. The summed E-state index contributed by atoms with van der Waals surface area (Å²) in [6.45, 7) is 5.16. The van der Waals surface area contributed by atoms with Crippen molar-refractivity contribution in [2.75, 3.05) is 5.32 Å². The molecule has 0 saturated heterocycles. The van der Waals surface area contributed by atoms with Gasteiger partial charge in [0.2, 0.25) is 0 Å². The Morgan fingerprint density at radius 1 is 1.50 bits per heavy atom. The van der Waals surface area contributed by atoms with Crippen LogP contribution in [0.5, 0.6) is 0 Å². The average molecular weight is 244 g/mol. The summed E-state index contributed by atoms with van der Waals surface area (Å²) in [7, 11) is 0. The summed E-state index contributed by atoms with van der Waals surface area (Å²) >= 11 is 0.953. The van der Waals surface area contributed by atoms with Crippen LogP contribution in [0.25, 0.3) is 0 Å². The molecule has 0 aliphatic heterocycles. The van der Waals surface area contributed by atoms with E-state index in [1.54, 1.807) is 20.8 Å². The van der Waals surface area contributed by atoms with Gasteiger partial charge in [0, 0.05) is 5.38 Å². The van der Waals surface area contributed by atoms with Crippen LogP contribution in [0.15, 0.2) is 5.38 Å². The van der Waals surface area contributed by atoms with Gasteiger partial charge in [-0.25, -0.2) is 9.59 Å². The van der Waals surface area contributed by atoms with Crippen LogP contribution in [0.3, 0.4) is 0 Å². The Bertz CT molecular complexity index is 408. The molecular weight excluding hydrogens is 232 g/mol. The van der Waals surface area contributed by atoms with E-state index < -0.39 is 17.7 Å². The lowest BCUT2D eigenvalue weighted by Gasteiger charge is -2.19. The van der Waals surface area contributed by atoms with Crippen molar-refractivity contribution < 1.29 is 19.4 Å². The van der Waals surface area contributed by atoms with Gasteiger partial charge in [-0.2, -0.15) is 4.37 Å². The highest BCUT2D eigenvalue weighted by atomic mass is 32.1. The minimum atomic E-state index is -1.19. The quantitative estimate of drug-likeness (QED) is 0.832. The van der Waals surface area contributed by atoms with Crippen LogP contribution in [-0.4, -0.2) is 27.1 Å². The molecule has 16 heavy (non-hydrogen) atoms. The zero-order chi connectivity index (χ0) is 12.3. The van der Waals surface area contributed by atoms with E-state index in [0.29, 0.717) is 0 Å². The molecule has 7 heteroatoms. The second-order valence-corrected chi connectivity index (χ2v) is 4.64. The predicted octanol–water partition coefficient (Wildman–Crippen LogP) is 2.19. The number of nitrogens with zero attached hydrogens (tertiary/aromatic N) is 1. The molecule has 0 saturated carbocycles. The molecule has 0 aliphatic carbocycles. The number of hydrogen-bond donors (Lipinski definition) is 2. The van der Waals surface area contributed by atoms with E-state index in [1.807, 2.05) is 0 Å². The SMILES string of the molecule is CC(C)(C)OC(=O)Nc1csnc1C(=O)O. The molecule has 88 valence electrons. The Balaban J connectivity index is 2.70. The summed E-state index contributed by atoms with van der Waals surface area (Å²) in [5.41, 5.74) is -0.667. The van der Waals surface area contributed by atoms with Crippen LogP contribution in [-0.2, 0) is 4.74 Å². The van der Waals surface area contributed by atoms with Crippen molar-refractivity contribution in [1.29, 1.82) is 0 Å². The maximum absolute atomic E-state index is 11.4. The number of hydrogen-bond acceptors (Lipinski definition) is 5. The molecule has 0 bridgehead atoms. The number of nitrogens with one attached hydrogen (secondary N) is 1. The van der Waals surface area contributed by atoms with E-state index in [4.69, 9.17) is 9.84 Å². The van der Waals surface area contributed by atoms with E-state index in [9.17, 15) is 9.59 Å². The number of carbonyl (C=O) groups is 2. The van der Waals surface area contributed by atoms with Crippen LogP contribution < -0.4 is 5.32 Å². The van der Waals surface area contributed by atoms with Gasteiger partial charge in [-0.15, -0.1) is 0 Å². The van der Waals surface area contributed by atoms with Crippen molar-refractivity contribution in [3.8, 4) is 0 Å². The number of ether oxygens (including phenoxy) is 1. The third kappa shape index (κ3) is 3.50. The smallest absolute Gasteiger partial charge is 0.412 e. The van der Waals surface area contributed by atoms with Crippen LogP contribution >= 0.6 is 11.5 Å². The van der Waals surface area contributed by atoms with Crippen LogP contribution in [0.2, 0.25) is 0 Å². The van der Waals surface area contributed by atoms with Gasteiger partial charge in [-0.1, -0.05) is 0 Å². The predicted molar refractivity (Wildman–Crippen MR) is 58.9 cm³/mol. The molecule has 0 unspecified atom stereocenters. The molecule has 0 fully saturated rings. The number of rotatable bonds is 2. The normalized spacial score (nSPS) is 10.9. The van der Waals surface area contributed by atoms with Crippen LogP contribution in [0.1, 0.15) is 31.3 Å². The van der Waals surface area contributed by atoms with Gasteiger partial charge in [-0.3, -0.25) is 5.32 Å². The fourth-order valence-corrected chi connectivity index (χ4v) is 1.50. The third-order valence-corrected chi connectivity index (χ3v) is 2.04. The van der Waals surface area contributed by atoms with Gasteiger partial charge in [-0.05, 0) is 32.3 Å². The first kappa shape index (κ1) is 12.4. The lowest BCUT2D eigenvalue weighted by Crippen LogP contribution is -2.27. The molecule has 0 radical (unpaired) electrons. The summed E-state index contributed by atoms with van der Waals surface area (Å²) in [5.74, 6) is -1.19. The monoisotopic (exact) mass is 244 g/mol. The highest BCUT2D eigenvalue weighted by Crippen LogP contribution is 2.18. The zero-order valence-corrected chi connectivity index (χ0v) is 9.92. The number of amides is 1. The fourth-order valence-electron chi connectivity index (χ4n) is 0.893. The van der Waals surface area contributed by atoms with Crippen molar-refractivity contribution in [2.24, 2.45) is 0 Å². The highest BCUT2D eigenvalue weighted by Gasteiger charge is 2.20. The topological polar surface area (TPSA) is 88.5 Å². The Morgan fingerprint density at radius 2 is 2.12 bits per heavy atom. The molecule has 1 amide bonds. The van der Waals surface area contributed by atoms with Crippen LogP contribution in [0.4, 0.5) is 10.5 Å². The molecule has 6 nitrogen and oxygen atoms in total. The summed E-state index contributed by atoms with van der Waals surface area (Å²) in [6, 6.07) is 0. The zero-order valence-electron chi connectivity index (χ0n) is 9.10. The second kappa shape index (κ2) is 4.48. The molecule has 0 spiro atoms. The standard InChI is InChI=1S/C9H12N2O4S/c1-9(2,3)15-8(14)10-5-4-16-11-6(5)7(12)13/h4H,1-3H3,(H,10,14)(H,12,13). The Morgan fingerprint density at radius 3 is 2.62 bits per heavy atom. The summed E-state index contributed by atoms with van der Waals surface area (Å²) in [4.78, 5) is 22.1. The van der Waals surface area contributed by atoms with Gasteiger partial charge in [0.05, 0.1) is 5.69 Å². The number of carboxylic acids is 1. The minimum absolute atomic E-state index is 0.145. The molecule has 1 rings (SSSR count). The van der Waals surface area contributed by atoms with Crippen molar-refractivity contribution in [2.45, 2.75) is 26.4 Å². The molecule has 1 heterocycles. The van der Waals surface area contributed by atoms with Crippen molar-refractivity contribution in [3.05, 3.63) is 11.1 Å². The lowest BCUT2D eigenvalue weighted by atomic mass is 10.2. The maximum Gasteiger partial charge on any atom is 0.412 e. The number of carbonyl (C=O) groups excluding carboxylic acids is 1. The van der Waals surface area contributed by atoms with E-state index in [2.05, 4.69) is 9.69 Å². The van der Waals surface area contributed by atoms with Gasteiger partial charge in [0.25, 0.3) is 0 Å². The van der Waals surface area contributed by atoms with Crippen molar-refractivity contribution in [3.63, 3.8) is 0 Å². The average Bonchev–Trinajstić information content (AvgIpc) is 2.47. The molecule has 0 atom stereocenters. The van der Waals surface area contributed by atoms with Crippen LogP contribution in [0, 0.1) is 0 Å². The maximum atomic E-state index is 11.4. The Labute approximate surface area is 96.4 Å². The Hall–Kier alpha value is -1.63. The van der Waals surface area contributed by atoms with E-state index >= 15 is 0 Å². The number of aromatic nitrogens is 1. The van der Waals surface area contributed by atoms with Gasteiger partial charge in [0.1, 0.15) is 5.60 Å². The lowest BCUT2D eigenvalue weighted by molar-refractivity contribution is 0.0636. The van der Waals surface area contributed by atoms with Gasteiger partial charge in [0.15, 0.2) is 5.69 Å². The molecule has 0 aromatic carbocycles. The van der Waals surface area contributed by atoms with Crippen molar-refractivity contribution in [1.82, 2.24) is 4.37 Å². The summed E-state index contributed by atoms with van der Waals surface area (Å²) < 4.78 is 8.62. The minimum Gasteiger partial charge on any atom is -0.476 e. The third-order valence-electron chi connectivity index (χ3n) is 1.41. The number of anilines is 1. The first-order chi connectivity index (χ1) is 7.29. The molecular formula is C9H12N2O4S. The van der Waals surface area contributed by atoms with E-state index in [0.717, 1.165) is 11.5 Å². The van der Waals surface area contributed by atoms with Crippen molar-refractivity contribution >= 4 is 29.3 Å². The summed E-state index contributed by atoms with van der Waals surface area (Å²) in [5, 5.41) is 12.5.